The molecule has 1 aromatic heterocycles. The fraction of sp³-hybridized carbons (Fsp3) is 0.261. The number of anilines is 1. The summed E-state index contributed by atoms with van der Waals surface area (Å²) in [5.74, 6) is 0.849. The smallest absolute Gasteiger partial charge is 0.166 e. The van der Waals surface area contributed by atoms with E-state index in [1.54, 1.807) is 24.4 Å². The van der Waals surface area contributed by atoms with E-state index >= 15 is 0 Å². The molecule has 0 aliphatic carbocycles. The molecule has 0 saturated carbocycles. The lowest BCUT2D eigenvalue weighted by Gasteiger charge is -2.15. The second-order valence-electron chi connectivity index (χ2n) is 7.28. The van der Waals surface area contributed by atoms with Crippen LogP contribution in [0.25, 0.3) is 11.1 Å². The molecule has 0 bridgehead atoms. The molecule has 150 valence electrons. The van der Waals surface area contributed by atoms with Crippen molar-refractivity contribution in [2.75, 3.05) is 18.8 Å². The molecule has 0 amide bonds. The number of halogens is 2. The summed E-state index contributed by atoms with van der Waals surface area (Å²) in [5, 5.41) is 1.13. The fourth-order valence-electron chi connectivity index (χ4n) is 3.55. The third-order valence-corrected chi connectivity index (χ3v) is 5.92. The lowest BCUT2D eigenvalue weighted by atomic mass is 10.1. The number of hydrogen-bond donors (Lipinski definition) is 1. The van der Waals surface area contributed by atoms with Gasteiger partial charge in [0.15, 0.2) is 11.6 Å². The molecule has 2 N–H and O–H groups in total. The van der Waals surface area contributed by atoms with E-state index in [1.807, 2.05) is 6.07 Å². The summed E-state index contributed by atoms with van der Waals surface area (Å²) in [6.45, 7) is 3.62. The average Bonchev–Trinajstić information content (AvgIpc) is 3.22. The van der Waals surface area contributed by atoms with Gasteiger partial charge in [-0.3, -0.25) is 4.90 Å². The van der Waals surface area contributed by atoms with Gasteiger partial charge in [0.05, 0.1) is 0 Å². The number of hydrogen-bond acceptors (Lipinski definition) is 4. The number of nitrogen functional groups attached to an aromatic ring is 1. The molecule has 0 atom stereocenters. The molecular weight excluding hydrogens is 405 g/mol. The van der Waals surface area contributed by atoms with Crippen molar-refractivity contribution in [3.63, 3.8) is 0 Å². The van der Waals surface area contributed by atoms with Crippen LogP contribution in [0.2, 0.25) is 10.0 Å². The highest BCUT2D eigenvalue weighted by Crippen LogP contribution is 2.30. The predicted molar refractivity (Wildman–Crippen MR) is 119 cm³/mol. The number of ether oxygens (including phenoxy) is 1. The van der Waals surface area contributed by atoms with Gasteiger partial charge in [0.2, 0.25) is 0 Å². The van der Waals surface area contributed by atoms with Crippen LogP contribution in [0.4, 0.5) is 5.82 Å². The Morgan fingerprint density at radius 3 is 2.34 bits per heavy atom. The molecule has 3 aromatic rings. The lowest BCUT2D eigenvalue weighted by molar-refractivity contribution is 0.307. The van der Waals surface area contributed by atoms with E-state index in [4.69, 9.17) is 33.7 Å². The molecule has 1 aliphatic rings. The first-order valence-electron chi connectivity index (χ1n) is 9.73. The molecule has 0 spiro atoms. The van der Waals surface area contributed by atoms with E-state index in [2.05, 4.69) is 34.1 Å². The van der Waals surface area contributed by atoms with Gasteiger partial charge >= 0.3 is 0 Å². The number of nitrogens with zero attached hydrogens (tertiary/aromatic N) is 2. The normalized spacial score (nSPS) is 14.3. The Balaban J connectivity index is 1.49. The topological polar surface area (TPSA) is 51.4 Å². The number of benzene rings is 2. The minimum Gasteiger partial charge on any atom is -0.485 e. The Bertz CT molecular complexity index is 966. The van der Waals surface area contributed by atoms with Crippen molar-refractivity contribution in [2.45, 2.75) is 26.0 Å². The van der Waals surface area contributed by atoms with Gasteiger partial charge in [-0.2, -0.15) is 0 Å². The summed E-state index contributed by atoms with van der Waals surface area (Å²) in [4.78, 5) is 6.79. The van der Waals surface area contributed by atoms with E-state index in [0.717, 1.165) is 23.2 Å². The Labute approximate surface area is 181 Å². The summed E-state index contributed by atoms with van der Waals surface area (Å²) in [7, 11) is 0. The highest BCUT2D eigenvalue weighted by atomic mass is 35.5. The van der Waals surface area contributed by atoms with Crippen LogP contribution in [0.3, 0.4) is 0 Å². The third-order valence-electron chi connectivity index (χ3n) is 5.21. The summed E-state index contributed by atoms with van der Waals surface area (Å²) >= 11 is 12.4. The Kier molecular flexibility index (Phi) is 6.24. The first kappa shape index (κ1) is 20.0. The second kappa shape index (κ2) is 9.04. The maximum Gasteiger partial charge on any atom is 0.166 e. The zero-order valence-corrected chi connectivity index (χ0v) is 17.6. The zero-order valence-electron chi connectivity index (χ0n) is 16.1. The molecule has 0 unspecified atom stereocenters. The number of nitrogens with two attached hydrogens (primary N) is 1. The van der Waals surface area contributed by atoms with Crippen LogP contribution in [-0.2, 0) is 13.2 Å². The third kappa shape index (κ3) is 4.84. The molecule has 2 aromatic carbocycles. The van der Waals surface area contributed by atoms with Crippen molar-refractivity contribution in [1.29, 1.82) is 0 Å². The molecule has 1 fully saturated rings. The summed E-state index contributed by atoms with van der Waals surface area (Å²) in [5.41, 5.74) is 10.1. The van der Waals surface area contributed by atoms with Crippen molar-refractivity contribution in [2.24, 2.45) is 0 Å². The first-order valence-corrected chi connectivity index (χ1v) is 10.5. The lowest BCUT2D eigenvalue weighted by Crippen LogP contribution is -2.18. The summed E-state index contributed by atoms with van der Waals surface area (Å²) in [6, 6.07) is 15.9. The fourth-order valence-corrected chi connectivity index (χ4v) is 4.06. The Morgan fingerprint density at radius 1 is 0.966 bits per heavy atom. The maximum absolute atomic E-state index is 6.22. The molecule has 1 saturated heterocycles. The van der Waals surface area contributed by atoms with Crippen LogP contribution in [0.5, 0.6) is 5.75 Å². The van der Waals surface area contributed by atoms with Gasteiger partial charge < -0.3 is 10.5 Å². The highest BCUT2D eigenvalue weighted by molar-refractivity contribution is 6.35. The van der Waals surface area contributed by atoms with Gasteiger partial charge in [0, 0.05) is 33.9 Å². The predicted octanol–water partition coefficient (Wildman–Crippen LogP) is 5.81. The van der Waals surface area contributed by atoms with E-state index in [-0.39, 0.29) is 6.61 Å². The van der Waals surface area contributed by atoms with Gasteiger partial charge in [-0.05, 0) is 55.3 Å². The average molecular weight is 428 g/mol. The molecule has 1 aliphatic heterocycles. The van der Waals surface area contributed by atoms with Gasteiger partial charge in [-0.15, -0.1) is 0 Å². The zero-order chi connectivity index (χ0) is 20.2. The van der Waals surface area contributed by atoms with Crippen LogP contribution in [-0.4, -0.2) is 23.0 Å². The SMILES string of the molecule is Nc1ncc(-c2ccc(CN3CCCC3)cc2)cc1OCc1c(Cl)cccc1Cl. The minimum atomic E-state index is 0.225. The van der Waals surface area contributed by atoms with Crippen LogP contribution in [0, 0.1) is 0 Å². The molecule has 2 heterocycles. The van der Waals surface area contributed by atoms with Crippen molar-refractivity contribution in [3.8, 4) is 16.9 Å². The number of likely N-dealkylation sites (tertiary alicyclic amines) is 1. The van der Waals surface area contributed by atoms with Crippen molar-refractivity contribution in [3.05, 3.63) is 75.9 Å². The van der Waals surface area contributed by atoms with E-state index < -0.39 is 0 Å². The highest BCUT2D eigenvalue weighted by Gasteiger charge is 2.13. The second-order valence-corrected chi connectivity index (χ2v) is 8.09. The molecule has 4 rings (SSSR count). The molecule has 4 nitrogen and oxygen atoms in total. The summed E-state index contributed by atoms with van der Waals surface area (Å²) in [6.07, 6.45) is 4.37. The summed E-state index contributed by atoms with van der Waals surface area (Å²) < 4.78 is 5.90. The van der Waals surface area contributed by atoms with E-state index in [1.165, 1.54) is 31.5 Å². The minimum absolute atomic E-state index is 0.225. The van der Waals surface area contributed by atoms with Crippen molar-refractivity contribution >= 4 is 29.0 Å². The molecular formula is C23H23Cl2N3O. The van der Waals surface area contributed by atoms with Gasteiger partial charge in [0.1, 0.15) is 6.61 Å². The monoisotopic (exact) mass is 427 g/mol. The van der Waals surface area contributed by atoms with Crippen LogP contribution >= 0.6 is 23.2 Å². The molecule has 0 radical (unpaired) electrons. The largest absolute Gasteiger partial charge is 0.485 e. The van der Waals surface area contributed by atoms with E-state index in [9.17, 15) is 0 Å². The number of rotatable bonds is 6. The van der Waals surface area contributed by atoms with Crippen LogP contribution in [0.15, 0.2) is 54.7 Å². The molecule has 29 heavy (non-hydrogen) atoms. The van der Waals surface area contributed by atoms with Crippen LogP contribution < -0.4 is 10.5 Å². The van der Waals surface area contributed by atoms with Gasteiger partial charge in [-0.1, -0.05) is 53.5 Å². The van der Waals surface area contributed by atoms with Crippen molar-refractivity contribution < 1.29 is 4.74 Å². The molecule has 6 heteroatoms. The quantitative estimate of drug-likeness (QED) is 0.538. The van der Waals surface area contributed by atoms with E-state index in [0.29, 0.717) is 21.6 Å². The standard InChI is InChI=1S/C23H23Cl2N3O/c24-20-4-3-5-21(25)19(20)15-29-22-12-18(13-27-23(22)26)17-8-6-16(7-9-17)14-28-10-1-2-11-28/h3-9,12-13H,1-2,10-11,14-15H2,(H2,26,27). The number of pyridine rings is 1. The first-order chi connectivity index (χ1) is 14.1. The maximum atomic E-state index is 6.22. The Morgan fingerprint density at radius 2 is 1.66 bits per heavy atom. The van der Waals surface area contributed by atoms with Crippen molar-refractivity contribution in [1.82, 2.24) is 9.88 Å². The Hall–Kier alpha value is -2.27. The van der Waals surface area contributed by atoms with Gasteiger partial charge in [0.25, 0.3) is 0 Å². The van der Waals surface area contributed by atoms with Crippen LogP contribution in [0.1, 0.15) is 24.0 Å². The number of aromatic nitrogens is 1. The van der Waals surface area contributed by atoms with Gasteiger partial charge in [-0.25, -0.2) is 4.98 Å².